The van der Waals surface area contributed by atoms with Crippen LogP contribution >= 0.6 is 0 Å². The van der Waals surface area contributed by atoms with Gasteiger partial charge in [-0.25, -0.2) is 0 Å². The van der Waals surface area contributed by atoms with Crippen LogP contribution in [0.5, 0.6) is 5.75 Å². The van der Waals surface area contributed by atoms with Crippen molar-refractivity contribution in [2.24, 2.45) is 0 Å². The SMILES string of the molecule is O=C(Nc1ccc(N2CC(Oc3ccccc3)C2)cc1)c1ccccc1. The van der Waals surface area contributed by atoms with Gasteiger partial charge in [0.05, 0.1) is 13.1 Å². The van der Waals surface area contributed by atoms with Gasteiger partial charge in [-0.3, -0.25) is 4.79 Å². The number of benzene rings is 3. The molecule has 26 heavy (non-hydrogen) atoms. The zero-order chi connectivity index (χ0) is 17.8. The molecule has 1 aliphatic rings. The molecule has 4 nitrogen and oxygen atoms in total. The normalized spacial score (nSPS) is 13.8. The van der Waals surface area contributed by atoms with Crippen LogP contribution in [0.15, 0.2) is 84.9 Å². The van der Waals surface area contributed by atoms with Gasteiger partial charge in [0.1, 0.15) is 11.9 Å². The van der Waals surface area contributed by atoms with Crippen LogP contribution in [0.25, 0.3) is 0 Å². The summed E-state index contributed by atoms with van der Waals surface area (Å²) in [4.78, 5) is 14.4. The van der Waals surface area contributed by atoms with Gasteiger partial charge in [-0.2, -0.15) is 0 Å². The van der Waals surface area contributed by atoms with Crippen molar-refractivity contribution >= 4 is 17.3 Å². The third kappa shape index (κ3) is 3.70. The molecule has 4 rings (SSSR count). The minimum Gasteiger partial charge on any atom is -0.487 e. The van der Waals surface area contributed by atoms with Crippen LogP contribution in [0.1, 0.15) is 10.4 Å². The van der Waals surface area contributed by atoms with E-state index < -0.39 is 0 Å². The van der Waals surface area contributed by atoms with Crippen molar-refractivity contribution in [3.8, 4) is 5.75 Å². The highest BCUT2D eigenvalue weighted by Crippen LogP contribution is 2.25. The van der Waals surface area contributed by atoms with Crippen molar-refractivity contribution in [1.82, 2.24) is 0 Å². The average Bonchev–Trinajstić information content (AvgIpc) is 2.67. The standard InChI is InChI=1S/C22H20N2O2/c25-22(17-7-3-1-4-8-17)23-18-11-13-19(14-12-18)24-15-21(16-24)26-20-9-5-2-6-10-20/h1-14,21H,15-16H2,(H,23,25). The molecule has 1 fully saturated rings. The van der Waals surface area contributed by atoms with Crippen molar-refractivity contribution in [2.45, 2.75) is 6.10 Å². The maximum Gasteiger partial charge on any atom is 0.255 e. The van der Waals surface area contributed by atoms with E-state index in [1.807, 2.05) is 72.8 Å². The van der Waals surface area contributed by atoms with Gasteiger partial charge < -0.3 is 15.0 Å². The van der Waals surface area contributed by atoms with E-state index in [-0.39, 0.29) is 12.0 Å². The minimum absolute atomic E-state index is 0.0985. The molecule has 1 aliphatic heterocycles. The molecule has 0 aromatic heterocycles. The van der Waals surface area contributed by atoms with E-state index in [0.29, 0.717) is 5.56 Å². The number of nitrogens with one attached hydrogen (secondary N) is 1. The fraction of sp³-hybridized carbons (Fsp3) is 0.136. The molecule has 3 aromatic rings. The summed E-state index contributed by atoms with van der Waals surface area (Å²) < 4.78 is 5.93. The number of amides is 1. The molecule has 0 aliphatic carbocycles. The molecule has 4 heteroatoms. The number of ether oxygens (including phenoxy) is 1. The van der Waals surface area contributed by atoms with Gasteiger partial charge in [0.15, 0.2) is 0 Å². The topological polar surface area (TPSA) is 41.6 Å². The Morgan fingerprint density at radius 1 is 0.846 bits per heavy atom. The molecular formula is C22H20N2O2. The summed E-state index contributed by atoms with van der Waals surface area (Å²) in [5.41, 5.74) is 2.58. The molecule has 1 heterocycles. The van der Waals surface area contributed by atoms with Crippen LogP contribution in [0.3, 0.4) is 0 Å². The number of hydrogen-bond donors (Lipinski definition) is 1. The summed E-state index contributed by atoms with van der Waals surface area (Å²) in [6.45, 7) is 1.73. The number of carbonyl (C=O) groups excluding carboxylic acids is 1. The lowest BCUT2D eigenvalue weighted by atomic mass is 10.1. The Labute approximate surface area is 153 Å². The van der Waals surface area contributed by atoms with Gasteiger partial charge in [-0.1, -0.05) is 36.4 Å². The van der Waals surface area contributed by atoms with E-state index in [1.165, 1.54) is 0 Å². The highest BCUT2D eigenvalue weighted by atomic mass is 16.5. The second-order valence-electron chi connectivity index (χ2n) is 6.32. The largest absolute Gasteiger partial charge is 0.487 e. The fourth-order valence-corrected chi connectivity index (χ4v) is 2.96. The molecule has 0 unspecified atom stereocenters. The van der Waals surface area contributed by atoms with Crippen molar-refractivity contribution in [1.29, 1.82) is 0 Å². The first-order chi connectivity index (χ1) is 12.8. The number of para-hydroxylation sites is 1. The van der Waals surface area contributed by atoms with Crippen molar-refractivity contribution < 1.29 is 9.53 Å². The molecule has 0 spiro atoms. The minimum atomic E-state index is -0.0985. The second-order valence-corrected chi connectivity index (χ2v) is 6.32. The number of anilines is 2. The predicted molar refractivity (Wildman–Crippen MR) is 104 cm³/mol. The van der Waals surface area contributed by atoms with Gasteiger partial charge in [0.25, 0.3) is 5.91 Å². The Morgan fingerprint density at radius 2 is 1.46 bits per heavy atom. The molecule has 0 atom stereocenters. The molecule has 3 aromatic carbocycles. The van der Waals surface area contributed by atoms with Gasteiger partial charge in [-0.05, 0) is 48.5 Å². The van der Waals surface area contributed by atoms with Crippen LogP contribution in [0.4, 0.5) is 11.4 Å². The van der Waals surface area contributed by atoms with E-state index >= 15 is 0 Å². The molecular weight excluding hydrogens is 324 g/mol. The first-order valence-corrected chi connectivity index (χ1v) is 8.71. The lowest BCUT2D eigenvalue weighted by Gasteiger charge is -2.40. The predicted octanol–water partition coefficient (Wildman–Crippen LogP) is 4.21. The quantitative estimate of drug-likeness (QED) is 0.754. The summed E-state index contributed by atoms with van der Waals surface area (Å²) in [5.74, 6) is 0.815. The number of carbonyl (C=O) groups is 1. The van der Waals surface area contributed by atoms with Gasteiger partial charge in [0, 0.05) is 16.9 Å². The Balaban J connectivity index is 1.31. The van der Waals surface area contributed by atoms with Crippen molar-refractivity contribution in [3.05, 3.63) is 90.5 Å². The maximum atomic E-state index is 12.2. The average molecular weight is 344 g/mol. The summed E-state index contributed by atoms with van der Waals surface area (Å²) in [7, 11) is 0. The van der Waals surface area contributed by atoms with Crippen molar-refractivity contribution in [3.63, 3.8) is 0 Å². The van der Waals surface area contributed by atoms with E-state index in [4.69, 9.17) is 4.74 Å². The summed E-state index contributed by atoms with van der Waals surface area (Å²) in [6.07, 6.45) is 0.217. The highest BCUT2D eigenvalue weighted by molar-refractivity contribution is 6.04. The summed E-state index contributed by atoms with van der Waals surface area (Å²) >= 11 is 0. The second kappa shape index (κ2) is 7.31. The zero-order valence-corrected chi connectivity index (χ0v) is 14.3. The van der Waals surface area contributed by atoms with Crippen LogP contribution in [0.2, 0.25) is 0 Å². The Kier molecular flexibility index (Phi) is 4.56. The van der Waals surface area contributed by atoms with E-state index in [9.17, 15) is 4.79 Å². The molecule has 130 valence electrons. The van der Waals surface area contributed by atoms with E-state index in [2.05, 4.69) is 10.2 Å². The Bertz CT molecular complexity index is 858. The smallest absolute Gasteiger partial charge is 0.255 e. The highest BCUT2D eigenvalue weighted by Gasteiger charge is 2.28. The lowest BCUT2D eigenvalue weighted by molar-refractivity contribution is 0.102. The first-order valence-electron chi connectivity index (χ1n) is 8.71. The first kappa shape index (κ1) is 16.2. The van der Waals surface area contributed by atoms with Crippen LogP contribution in [-0.4, -0.2) is 25.1 Å². The number of hydrogen-bond acceptors (Lipinski definition) is 3. The molecule has 1 N–H and O–H groups in total. The van der Waals surface area contributed by atoms with Crippen LogP contribution in [0, 0.1) is 0 Å². The Hall–Kier alpha value is -3.27. The Morgan fingerprint density at radius 3 is 2.12 bits per heavy atom. The fourth-order valence-electron chi connectivity index (χ4n) is 2.96. The molecule has 0 bridgehead atoms. The monoisotopic (exact) mass is 344 g/mol. The van der Waals surface area contributed by atoms with Crippen molar-refractivity contribution in [2.75, 3.05) is 23.3 Å². The summed E-state index contributed by atoms with van der Waals surface area (Å²) in [6, 6.07) is 27.0. The lowest BCUT2D eigenvalue weighted by Crippen LogP contribution is -2.54. The van der Waals surface area contributed by atoms with Gasteiger partial charge in [0.2, 0.25) is 0 Å². The maximum absolute atomic E-state index is 12.2. The zero-order valence-electron chi connectivity index (χ0n) is 14.3. The van der Waals surface area contributed by atoms with Gasteiger partial charge >= 0.3 is 0 Å². The molecule has 0 saturated carbocycles. The molecule has 0 radical (unpaired) electrons. The van der Waals surface area contributed by atoms with E-state index in [1.54, 1.807) is 12.1 Å². The summed E-state index contributed by atoms with van der Waals surface area (Å²) in [5, 5.41) is 2.92. The third-order valence-corrected chi connectivity index (χ3v) is 4.42. The van der Waals surface area contributed by atoms with Crippen LogP contribution < -0.4 is 15.0 Å². The third-order valence-electron chi connectivity index (χ3n) is 4.42. The number of nitrogens with zero attached hydrogens (tertiary/aromatic N) is 1. The van der Waals surface area contributed by atoms with Crippen LogP contribution in [-0.2, 0) is 0 Å². The van der Waals surface area contributed by atoms with Gasteiger partial charge in [-0.15, -0.1) is 0 Å². The number of rotatable bonds is 5. The molecule has 1 amide bonds. The molecule has 1 saturated heterocycles. The van der Waals surface area contributed by atoms with E-state index in [0.717, 1.165) is 30.2 Å².